The van der Waals surface area contributed by atoms with Crippen LogP contribution in [0.2, 0.25) is 5.02 Å². The Morgan fingerprint density at radius 1 is 1.18 bits per heavy atom. The Kier molecular flexibility index (Phi) is 5.35. The third-order valence-electron chi connectivity index (χ3n) is 5.12. The van der Waals surface area contributed by atoms with Gasteiger partial charge in [-0.3, -0.25) is 14.8 Å². The van der Waals surface area contributed by atoms with Crippen LogP contribution in [0.1, 0.15) is 33.5 Å². The van der Waals surface area contributed by atoms with Gasteiger partial charge in [0.05, 0.1) is 6.42 Å². The molecule has 0 radical (unpaired) electrons. The van der Waals surface area contributed by atoms with E-state index in [1.165, 1.54) is 0 Å². The van der Waals surface area contributed by atoms with Crippen molar-refractivity contribution in [2.45, 2.75) is 25.8 Å². The molecule has 5 nitrogen and oxygen atoms in total. The first kappa shape index (κ1) is 18.9. The minimum Gasteiger partial charge on any atom is -0.338 e. The number of carbonyl (C=O) groups is 2. The number of halogens is 1. The lowest BCUT2D eigenvalue weighted by molar-refractivity contribution is -0.131. The van der Waals surface area contributed by atoms with Gasteiger partial charge in [0.2, 0.25) is 5.91 Å². The van der Waals surface area contributed by atoms with Crippen molar-refractivity contribution in [3.8, 4) is 0 Å². The van der Waals surface area contributed by atoms with E-state index in [9.17, 15) is 9.59 Å². The maximum Gasteiger partial charge on any atom is 0.274 e. The molecule has 0 fully saturated rings. The van der Waals surface area contributed by atoms with E-state index < -0.39 is 5.91 Å². The van der Waals surface area contributed by atoms with Gasteiger partial charge in [0, 0.05) is 28.4 Å². The van der Waals surface area contributed by atoms with Crippen LogP contribution in [0.25, 0.3) is 10.1 Å². The number of nitrogens with one attached hydrogen (secondary N) is 1. The monoisotopic (exact) mass is 414 g/mol. The van der Waals surface area contributed by atoms with Gasteiger partial charge in [0.25, 0.3) is 5.91 Å². The molecule has 28 heavy (non-hydrogen) atoms. The topological polar surface area (TPSA) is 69.6 Å². The maximum atomic E-state index is 13.0. The average Bonchev–Trinajstić information content (AvgIpc) is 2.96. The SMILES string of the molecule is O=C(NO)c1ccc2c(c1)CCCN(C(=O)Cc1csc3ccc(Cl)cc13)C2. The zero-order valence-electron chi connectivity index (χ0n) is 15.1. The summed E-state index contributed by atoms with van der Waals surface area (Å²) in [5, 5.41) is 12.6. The van der Waals surface area contributed by atoms with Gasteiger partial charge >= 0.3 is 0 Å². The molecule has 0 atom stereocenters. The number of rotatable bonds is 3. The minimum absolute atomic E-state index is 0.0877. The Morgan fingerprint density at radius 3 is 2.86 bits per heavy atom. The first-order chi connectivity index (χ1) is 13.5. The molecule has 0 aliphatic carbocycles. The molecule has 1 aliphatic rings. The van der Waals surface area contributed by atoms with Crippen LogP contribution < -0.4 is 5.48 Å². The average molecular weight is 415 g/mol. The molecule has 0 saturated heterocycles. The summed E-state index contributed by atoms with van der Waals surface area (Å²) in [5.41, 5.74) is 5.17. The number of aryl methyl sites for hydroxylation is 1. The second-order valence-electron chi connectivity index (χ2n) is 6.92. The van der Waals surface area contributed by atoms with E-state index in [2.05, 4.69) is 0 Å². The number of hydroxylamine groups is 1. The Morgan fingerprint density at radius 2 is 2.04 bits per heavy atom. The van der Waals surface area contributed by atoms with E-state index in [0.717, 1.165) is 39.6 Å². The van der Waals surface area contributed by atoms with Gasteiger partial charge in [-0.2, -0.15) is 0 Å². The number of fused-ring (bicyclic) bond motifs is 2. The van der Waals surface area contributed by atoms with Gasteiger partial charge in [0.15, 0.2) is 0 Å². The lowest BCUT2D eigenvalue weighted by Crippen LogP contribution is -2.31. The highest BCUT2D eigenvalue weighted by atomic mass is 35.5. The van der Waals surface area contributed by atoms with E-state index in [1.807, 2.05) is 34.5 Å². The molecule has 0 spiro atoms. The van der Waals surface area contributed by atoms with Gasteiger partial charge in [0.1, 0.15) is 0 Å². The van der Waals surface area contributed by atoms with E-state index in [0.29, 0.717) is 30.1 Å². The molecule has 2 amide bonds. The van der Waals surface area contributed by atoms with Crippen LogP contribution in [0.4, 0.5) is 0 Å². The Bertz CT molecular complexity index is 1060. The molecule has 1 aliphatic heterocycles. The van der Waals surface area contributed by atoms with Crippen LogP contribution in [-0.4, -0.2) is 28.5 Å². The third-order valence-corrected chi connectivity index (χ3v) is 6.36. The van der Waals surface area contributed by atoms with Gasteiger partial charge in [-0.25, -0.2) is 5.48 Å². The molecule has 0 saturated carbocycles. The summed E-state index contributed by atoms with van der Waals surface area (Å²) < 4.78 is 1.13. The third kappa shape index (κ3) is 3.76. The van der Waals surface area contributed by atoms with Crippen molar-refractivity contribution in [2.75, 3.05) is 6.54 Å². The summed E-state index contributed by atoms with van der Waals surface area (Å²) in [7, 11) is 0. The quantitative estimate of drug-likeness (QED) is 0.498. The highest BCUT2D eigenvalue weighted by Crippen LogP contribution is 2.30. The zero-order valence-corrected chi connectivity index (χ0v) is 16.6. The molecular formula is C21H19ClN2O3S. The number of thiophene rings is 1. The number of amides is 2. The van der Waals surface area contributed by atoms with Crippen molar-refractivity contribution in [1.29, 1.82) is 0 Å². The van der Waals surface area contributed by atoms with Crippen molar-refractivity contribution >= 4 is 44.8 Å². The molecule has 2 N–H and O–H groups in total. The lowest BCUT2D eigenvalue weighted by Gasteiger charge is -2.21. The molecule has 1 aromatic heterocycles. The second-order valence-corrected chi connectivity index (χ2v) is 8.27. The number of hydrogen-bond donors (Lipinski definition) is 2. The molecule has 0 bridgehead atoms. The van der Waals surface area contributed by atoms with Crippen LogP contribution in [0.15, 0.2) is 41.8 Å². The van der Waals surface area contributed by atoms with E-state index in [4.69, 9.17) is 16.8 Å². The highest BCUT2D eigenvalue weighted by Gasteiger charge is 2.21. The van der Waals surface area contributed by atoms with Crippen LogP contribution in [0.3, 0.4) is 0 Å². The summed E-state index contributed by atoms with van der Waals surface area (Å²) in [6, 6.07) is 11.1. The number of hydrogen-bond acceptors (Lipinski definition) is 4. The van der Waals surface area contributed by atoms with Gasteiger partial charge < -0.3 is 4.90 Å². The molecule has 2 aromatic carbocycles. The summed E-state index contributed by atoms with van der Waals surface area (Å²) in [6.07, 6.45) is 1.97. The summed E-state index contributed by atoms with van der Waals surface area (Å²) in [6.45, 7) is 1.20. The van der Waals surface area contributed by atoms with Gasteiger partial charge in [-0.1, -0.05) is 17.7 Å². The Hall–Kier alpha value is -2.41. The van der Waals surface area contributed by atoms with E-state index in [-0.39, 0.29) is 5.91 Å². The standard InChI is InChI=1S/C21H19ClN2O3S/c22-17-5-6-19-18(10-17)16(12-28-19)9-20(25)24-7-1-2-13-8-14(21(26)23-27)3-4-15(13)11-24/h3-6,8,10,12,27H,1-2,7,9,11H2,(H,23,26). The van der Waals surface area contributed by atoms with Crippen molar-refractivity contribution in [1.82, 2.24) is 10.4 Å². The molecule has 144 valence electrons. The van der Waals surface area contributed by atoms with Gasteiger partial charge in [-0.15, -0.1) is 11.3 Å². The number of carbonyl (C=O) groups excluding carboxylic acids is 2. The second kappa shape index (κ2) is 7.91. The normalized spacial score (nSPS) is 13.9. The maximum absolute atomic E-state index is 13.0. The summed E-state index contributed by atoms with van der Waals surface area (Å²) >= 11 is 7.74. The minimum atomic E-state index is -0.525. The van der Waals surface area contributed by atoms with E-state index in [1.54, 1.807) is 28.9 Å². The molecule has 2 heterocycles. The highest BCUT2D eigenvalue weighted by molar-refractivity contribution is 7.17. The van der Waals surface area contributed by atoms with Crippen molar-refractivity contribution < 1.29 is 14.8 Å². The van der Waals surface area contributed by atoms with Crippen LogP contribution >= 0.6 is 22.9 Å². The molecule has 7 heteroatoms. The van der Waals surface area contributed by atoms with Gasteiger partial charge in [-0.05, 0) is 70.6 Å². The largest absolute Gasteiger partial charge is 0.338 e. The predicted octanol–water partition coefficient (Wildman–Crippen LogP) is 4.19. The lowest BCUT2D eigenvalue weighted by atomic mass is 10.0. The Labute approximate surface area is 171 Å². The van der Waals surface area contributed by atoms with Crippen molar-refractivity contribution in [3.63, 3.8) is 0 Å². The van der Waals surface area contributed by atoms with Crippen molar-refractivity contribution in [3.05, 3.63) is 69.1 Å². The number of nitrogens with zero attached hydrogens (tertiary/aromatic N) is 1. The van der Waals surface area contributed by atoms with Crippen LogP contribution in [0.5, 0.6) is 0 Å². The van der Waals surface area contributed by atoms with Crippen LogP contribution in [-0.2, 0) is 24.2 Å². The first-order valence-electron chi connectivity index (χ1n) is 9.05. The summed E-state index contributed by atoms with van der Waals surface area (Å²) in [5.74, 6) is -0.437. The first-order valence-corrected chi connectivity index (χ1v) is 10.3. The molecular weight excluding hydrogens is 396 g/mol. The van der Waals surface area contributed by atoms with Crippen LogP contribution in [0, 0.1) is 0 Å². The number of benzene rings is 2. The zero-order chi connectivity index (χ0) is 19.7. The molecule has 3 aromatic rings. The molecule has 0 unspecified atom stereocenters. The fourth-order valence-electron chi connectivity index (χ4n) is 3.64. The predicted molar refractivity (Wildman–Crippen MR) is 110 cm³/mol. The van der Waals surface area contributed by atoms with Crippen molar-refractivity contribution in [2.24, 2.45) is 0 Å². The smallest absolute Gasteiger partial charge is 0.274 e. The molecule has 4 rings (SSSR count). The Balaban J connectivity index is 1.53. The fraction of sp³-hybridized carbons (Fsp3) is 0.238. The fourth-order valence-corrected chi connectivity index (χ4v) is 4.76. The summed E-state index contributed by atoms with van der Waals surface area (Å²) in [4.78, 5) is 26.5. The van der Waals surface area contributed by atoms with E-state index >= 15 is 0 Å².